The van der Waals surface area contributed by atoms with E-state index < -0.39 is 5.41 Å². The zero-order valence-electron chi connectivity index (χ0n) is 12.8. The number of carbonyl (C=O) groups excluding carboxylic acids is 1. The van der Waals surface area contributed by atoms with E-state index >= 15 is 0 Å². The number of benzene rings is 2. The maximum Gasteiger partial charge on any atom is 0.235 e. The van der Waals surface area contributed by atoms with Crippen LogP contribution < -0.4 is 5.32 Å². The SMILES string of the molecule is O=C(Nc1ccc(-c2nccs2)cc1)C1(c2ccc(F)cc2)CC1. The lowest BCUT2D eigenvalue weighted by atomic mass is 9.95. The van der Waals surface area contributed by atoms with Gasteiger partial charge in [0, 0.05) is 22.8 Å². The highest BCUT2D eigenvalue weighted by Gasteiger charge is 2.51. The number of halogens is 1. The average Bonchev–Trinajstić information content (AvgIpc) is 3.23. The van der Waals surface area contributed by atoms with Crippen molar-refractivity contribution in [3.8, 4) is 10.6 Å². The Morgan fingerprint density at radius 3 is 2.38 bits per heavy atom. The topological polar surface area (TPSA) is 42.0 Å². The summed E-state index contributed by atoms with van der Waals surface area (Å²) in [5, 5.41) is 5.87. The monoisotopic (exact) mass is 338 g/mol. The van der Waals surface area contributed by atoms with E-state index in [9.17, 15) is 9.18 Å². The molecule has 0 atom stereocenters. The molecule has 0 spiro atoms. The van der Waals surface area contributed by atoms with Crippen molar-refractivity contribution in [3.05, 3.63) is 71.5 Å². The normalized spacial score (nSPS) is 15.0. The minimum absolute atomic E-state index is 0.0314. The van der Waals surface area contributed by atoms with Crippen LogP contribution in [0.1, 0.15) is 18.4 Å². The highest BCUT2D eigenvalue weighted by Crippen LogP contribution is 2.49. The van der Waals surface area contributed by atoms with Crippen molar-refractivity contribution in [2.24, 2.45) is 0 Å². The summed E-state index contributed by atoms with van der Waals surface area (Å²) in [5.41, 5.74) is 2.15. The molecule has 24 heavy (non-hydrogen) atoms. The van der Waals surface area contributed by atoms with Gasteiger partial charge in [0.2, 0.25) is 5.91 Å². The molecule has 1 aromatic heterocycles. The summed E-state index contributed by atoms with van der Waals surface area (Å²) in [6, 6.07) is 13.9. The van der Waals surface area contributed by atoms with E-state index in [2.05, 4.69) is 10.3 Å². The molecule has 3 aromatic rings. The lowest BCUT2D eigenvalue weighted by Crippen LogP contribution is -2.27. The lowest BCUT2D eigenvalue weighted by Gasteiger charge is -2.16. The highest BCUT2D eigenvalue weighted by molar-refractivity contribution is 7.13. The van der Waals surface area contributed by atoms with Crippen LogP contribution in [0.2, 0.25) is 0 Å². The predicted molar refractivity (Wildman–Crippen MR) is 93.5 cm³/mol. The predicted octanol–water partition coefficient (Wildman–Crippen LogP) is 4.62. The largest absolute Gasteiger partial charge is 0.325 e. The number of rotatable bonds is 4. The first kappa shape index (κ1) is 15.0. The van der Waals surface area contributed by atoms with Crippen LogP contribution in [-0.4, -0.2) is 10.9 Å². The quantitative estimate of drug-likeness (QED) is 0.754. The number of anilines is 1. The van der Waals surface area contributed by atoms with E-state index in [1.165, 1.54) is 12.1 Å². The Labute approximate surface area is 143 Å². The van der Waals surface area contributed by atoms with Gasteiger partial charge in [0.15, 0.2) is 0 Å². The Kier molecular flexibility index (Phi) is 3.65. The summed E-state index contributed by atoms with van der Waals surface area (Å²) in [6.45, 7) is 0. The Bertz CT molecular complexity index is 853. The molecule has 4 rings (SSSR count). The summed E-state index contributed by atoms with van der Waals surface area (Å²) in [6.07, 6.45) is 3.36. The smallest absolute Gasteiger partial charge is 0.235 e. The maximum absolute atomic E-state index is 13.1. The number of nitrogens with zero attached hydrogens (tertiary/aromatic N) is 1. The van der Waals surface area contributed by atoms with Crippen molar-refractivity contribution in [1.82, 2.24) is 4.98 Å². The van der Waals surface area contributed by atoms with Crippen LogP contribution in [0.5, 0.6) is 0 Å². The van der Waals surface area contributed by atoms with Crippen molar-refractivity contribution in [2.75, 3.05) is 5.32 Å². The van der Waals surface area contributed by atoms with Crippen LogP contribution in [-0.2, 0) is 10.2 Å². The van der Waals surface area contributed by atoms with Crippen molar-refractivity contribution < 1.29 is 9.18 Å². The molecule has 0 saturated heterocycles. The van der Waals surface area contributed by atoms with Gasteiger partial charge in [-0.05, 0) is 54.8 Å². The number of hydrogen-bond acceptors (Lipinski definition) is 3. The molecule has 3 nitrogen and oxygen atoms in total. The fraction of sp³-hybridized carbons (Fsp3) is 0.158. The molecule has 1 N–H and O–H groups in total. The summed E-state index contributed by atoms with van der Waals surface area (Å²) >= 11 is 1.58. The van der Waals surface area contributed by atoms with Crippen molar-refractivity contribution in [2.45, 2.75) is 18.3 Å². The highest BCUT2D eigenvalue weighted by atomic mass is 32.1. The Hall–Kier alpha value is -2.53. The summed E-state index contributed by atoms with van der Waals surface area (Å²) in [7, 11) is 0. The zero-order chi connectivity index (χ0) is 16.6. The molecule has 2 aromatic carbocycles. The minimum Gasteiger partial charge on any atom is -0.325 e. The van der Waals surface area contributed by atoms with Gasteiger partial charge in [0.25, 0.3) is 0 Å². The number of hydrogen-bond donors (Lipinski definition) is 1. The fourth-order valence-corrected chi connectivity index (χ4v) is 3.50. The van der Waals surface area contributed by atoms with Gasteiger partial charge in [-0.15, -0.1) is 11.3 Å². The molecular weight excluding hydrogens is 323 g/mol. The molecule has 0 unspecified atom stereocenters. The van der Waals surface area contributed by atoms with E-state index in [-0.39, 0.29) is 11.7 Å². The lowest BCUT2D eigenvalue weighted by molar-refractivity contribution is -0.118. The standard InChI is InChI=1S/C19H15FN2OS/c20-15-5-3-14(4-6-15)19(9-10-19)18(23)22-16-7-1-13(2-8-16)17-21-11-12-24-17/h1-8,11-12H,9-10H2,(H,22,23). The summed E-state index contributed by atoms with van der Waals surface area (Å²) < 4.78 is 13.1. The summed E-state index contributed by atoms with van der Waals surface area (Å²) in [4.78, 5) is 17.0. The second-order valence-corrected chi connectivity index (χ2v) is 6.85. The van der Waals surface area contributed by atoms with E-state index in [0.717, 1.165) is 34.7 Å². The van der Waals surface area contributed by atoms with Crippen LogP contribution in [0.15, 0.2) is 60.1 Å². The molecule has 1 heterocycles. The third-order valence-electron chi connectivity index (χ3n) is 4.40. The van der Waals surface area contributed by atoms with Crippen LogP contribution in [0.25, 0.3) is 10.6 Å². The molecule has 0 radical (unpaired) electrons. The van der Waals surface area contributed by atoms with Gasteiger partial charge in [0.1, 0.15) is 10.8 Å². The van der Waals surface area contributed by atoms with E-state index in [0.29, 0.717) is 0 Å². The van der Waals surface area contributed by atoms with Gasteiger partial charge in [-0.3, -0.25) is 4.79 Å². The van der Waals surface area contributed by atoms with Crippen LogP contribution in [0.4, 0.5) is 10.1 Å². The molecule has 5 heteroatoms. The fourth-order valence-electron chi connectivity index (χ4n) is 2.85. The van der Waals surface area contributed by atoms with Gasteiger partial charge in [-0.2, -0.15) is 0 Å². The number of amides is 1. The first-order valence-electron chi connectivity index (χ1n) is 7.75. The maximum atomic E-state index is 13.1. The third-order valence-corrected chi connectivity index (χ3v) is 5.23. The van der Waals surface area contributed by atoms with Gasteiger partial charge in [-0.25, -0.2) is 9.37 Å². The molecule has 0 aliphatic heterocycles. The molecule has 1 aliphatic carbocycles. The first-order chi connectivity index (χ1) is 11.7. The molecule has 1 fully saturated rings. The number of aromatic nitrogens is 1. The molecule has 1 saturated carbocycles. The van der Waals surface area contributed by atoms with Gasteiger partial charge < -0.3 is 5.32 Å². The Morgan fingerprint density at radius 1 is 1.08 bits per heavy atom. The second-order valence-electron chi connectivity index (χ2n) is 5.96. The van der Waals surface area contributed by atoms with Gasteiger partial charge >= 0.3 is 0 Å². The molecular formula is C19H15FN2OS. The Balaban J connectivity index is 1.51. The molecule has 1 aliphatic rings. The van der Waals surface area contributed by atoms with Crippen LogP contribution in [0.3, 0.4) is 0 Å². The van der Waals surface area contributed by atoms with Gasteiger partial charge in [0.05, 0.1) is 5.41 Å². The third kappa shape index (κ3) is 2.71. The van der Waals surface area contributed by atoms with Crippen molar-refractivity contribution >= 4 is 22.9 Å². The van der Waals surface area contributed by atoms with E-state index in [4.69, 9.17) is 0 Å². The first-order valence-corrected chi connectivity index (χ1v) is 8.63. The number of nitrogens with one attached hydrogen (secondary N) is 1. The van der Waals surface area contributed by atoms with E-state index in [1.807, 2.05) is 29.6 Å². The number of carbonyl (C=O) groups is 1. The van der Waals surface area contributed by atoms with Crippen LogP contribution >= 0.6 is 11.3 Å². The van der Waals surface area contributed by atoms with Gasteiger partial charge in [-0.1, -0.05) is 12.1 Å². The average molecular weight is 338 g/mol. The molecule has 0 bridgehead atoms. The van der Waals surface area contributed by atoms with Crippen molar-refractivity contribution in [1.29, 1.82) is 0 Å². The second kappa shape index (κ2) is 5.83. The molecule has 120 valence electrons. The Morgan fingerprint density at radius 2 is 1.79 bits per heavy atom. The van der Waals surface area contributed by atoms with Crippen LogP contribution in [0, 0.1) is 5.82 Å². The van der Waals surface area contributed by atoms with Crippen molar-refractivity contribution in [3.63, 3.8) is 0 Å². The summed E-state index contributed by atoms with van der Waals surface area (Å²) in [5.74, 6) is -0.316. The minimum atomic E-state index is -0.512. The number of thiazole rings is 1. The zero-order valence-corrected chi connectivity index (χ0v) is 13.6. The van der Waals surface area contributed by atoms with E-state index in [1.54, 1.807) is 29.7 Å². The molecule has 1 amide bonds.